The van der Waals surface area contributed by atoms with Crippen LogP contribution in [0.2, 0.25) is 0 Å². The van der Waals surface area contributed by atoms with E-state index in [0.717, 1.165) is 5.82 Å². The van der Waals surface area contributed by atoms with Gasteiger partial charge in [-0.15, -0.1) is 0 Å². The molecule has 3 N–H and O–H groups in total. The van der Waals surface area contributed by atoms with Crippen molar-refractivity contribution >= 4 is 8.60 Å². The molecular formula is C5H11N2O3P. The molecule has 0 radical (unpaired) electrons. The number of aromatic amines is 1. The fourth-order valence-electron chi connectivity index (χ4n) is 0.344. The van der Waals surface area contributed by atoms with E-state index in [4.69, 9.17) is 9.79 Å². The average Bonchev–Trinajstić information content (AvgIpc) is 2.41. The van der Waals surface area contributed by atoms with Crippen molar-refractivity contribution in [1.29, 1.82) is 0 Å². The van der Waals surface area contributed by atoms with E-state index in [-0.39, 0.29) is 0 Å². The molecule has 1 aromatic heterocycles. The van der Waals surface area contributed by atoms with Gasteiger partial charge >= 0.3 is 8.60 Å². The van der Waals surface area contributed by atoms with Crippen molar-refractivity contribution in [2.75, 3.05) is 7.11 Å². The van der Waals surface area contributed by atoms with E-state index in [9.17, 15) is 0 Å². The lowest BCUT2D eigenvalue weighted by Crippen LogP contribution is -1.67. The summed E-state index contributed by atoms with van der Waals surface area (Å²) in [5.41, 5.74) is 0. The molecule has 0 spiro atoms. The van der Waals surface area contributed by atoms with Gasteiger partial charge in [0.15, 0.2) is 0 Å². The first kappa shape index (κ1) is 10.5. The first-order valence-electron chi connectivity index (χ1n) is 2.84. The minimum atomic E-state index is -2.10. The molecule has 0 amide bonds. The standard InChI is InChI=1S/C4H6N2.CH5O3P/c1-4-5-2-3-6-4;1-4-5(2)3/h2-3H,1H3,(H,5,6);2-3H,1H3. The molecule has 0 aliphatic rings. The highest BCUT2D eigenvalue weighted by Gasteiger charge is 1.86. The Labute approximate surface area is 66.1 Å². The van der Waals surface area contributed by atoms with Crippen molar-refractivity contribution < 1.29 is 14.3 Å². The van der Waals surface area contributed by atoms with Crippen molar-refractivity contribution in [1.82, 2.24) is 9.97 Å². The van der Waals surface area contributed by atoms with Gasteiger partial charge < -0.3 is 19.3 Å². The van der Waals surface area contributed by atoms with Crippen LogP contribution in [0, 0.1) is 6.92 Å². The van der Waals surface area contributed by atoms with Gasteiger partial charge in [-0.1, -0.05) is 0 Å². The molecule has 0 saturated carbocycles. The smallest absolute Gasteiger partial charge is 0.326 e. The van der Waals surface area contributed by atoms with Gasteiger partial charge in [0.2, 0.25) is 0 Å². The van der Waals surface area contributed by atoms with Crippen LogP contribution in [-0.4, -0.2) is 26.9 Å². The summed E-state index contributed by atoms with van der Waals surface area (Å²) >= 11 is 0. The number of aryl methyl sites for hydroxylation is 1. The first-order valence-corrected chi connectivity index (χ1v) is 4.01. The molecule has 1 rings (SSSR count). The molecule has 1 aromatic rings. The summed E-state index contributed by atoms with van der Waals surface area (Å²) in [6.45, 7) is 1.92. The van der Waals surface area contributed by atoms with Crippen LogP contribution in [0.4, 0.5) is 0 Å². The van der Waals surface area contributed by atoms with Gasteiger partial charge in [-0.2, -0.15) is 0 Å². The predicted molar refractivity (Wildman–Crippen MR) is 41.7 cm³/mol. The first-order chi connectivity index (χ1) is 5.16. The molecule has 64 valence electrons. The third-order valence-corrected chi connectivity index (χ3v) is 1.12. The van der Waals surface area contributed by atoms with Crippen LogP contribution in [0.3, 0.4) is 0 Å². The number of nitrogens with one attached hydrogen (secondary N) is 1. The quantitative estimate of drug-likeness (QED) is 0.549. The molecule has 0 unspecified atom stereocenters. The molecule has 0 saturated heterocycles. The molecule has 1 heterocycles. The molecule has 0 bridgehead atoms. The predicted octanol–water partition coefficient (Wildman–Crippen LogP) is 0.562. The maximum Gasteiger partial charge on any atom is 0.326 e. The van der Waals surface area contributed by atoms with E-state index in [1.54, 1.807) is 12.4 Å². The number of hydrogen-bond acceptors (Lipinski definition) is 4. The number of rotatable bonds is 1. The topological polar surface area (TPSA) is 78.4 Å². The fraction of sp³-hybridized carbons (Fsp3) is 0.400. The second-order valence-corrected chi connectivity index (χ2v) is 2.48. The van der Waals surface area contributed by atoms with E-state index in [1.165, 1.54) is 7.11 Å². The lowest BCUT2D eigenvalue weighted by atomic mass is 10.8. The molecule has 11 heavy (non-hydrogen) atoms. The Bertz CT molecular complexity index is 166. The Balaban J connectivity index is 0.000000187. The minimum Gasteiger partial charge on any atom is -0.349 e. The Morgan fingerprint density at radius 3 is 2.27 bits per heavy atom. The second kappa shape index (κ2) is 6.24. The Kier molecular flexibility index (Phi) is 5.97. The van der Waals surface area contributed by atoms with Crippen molar-refractivity contribution in [3.63, 3.8) is 0 Å². The number of imidazole rings is 1. The van der Waals surface area contributed by atoms with Crippen LogP contribution >= 0.6 is 8.60 Å². The second-order valence-electron chi connectivity index (χ2n) is 1.61. The van der Waals surface area contributed by atoms with Crippen molar-refractivity contribution in [2.45, 2.75) is 6.92 Å². The summed E-state index contributed by atoms with van der Waals surface area (Å²) in [6.07, 6.45) is 3.53. The maximum atomic E-state index is 7.76. The maximum absolute atomic E-state index is 7.76. The molecular weight excluding hydrogens is 167 g/mol. The van der Waals surface area contributed by atoms with E-state index in [2.05, 4.69) is 14.5 Å². The Morgan fingerprint density at radius 1 is 1.64 bits per heavy atom. The average molecular weight is 178 g/mol. The van der Waals surface area contributed by atoms with E-state index in [0.29, 0.717) is 0 Å². The highest BCUT2D eigenvalue weighted by Crippen LogP contribution is 2.20. The molecule has 0 atom stereocenters. The normalized spacial score (nSPS) is 9.18. The number of nitrogens with zero attached hydrogens (tertiary/aromatic N) is 1. The molecule has 0 aliphatic heterocycles. The summed E-state index contributed by atoms with van der Waals surface area (Å²) < 4.78 is 3.93. The summed E-state index contributed by atoms with van der Waals surface area (Å²) in [7, 11) is -0.870. The van der Waals surface area contributed by atoms with Crippen molar-refractivity contribution in [2.24, 2.45) is 0 Å². The zero-order chi connectivity index (χ0) is 8.69. The van der Waals surface area contributed by atoms with Crippen LogP contribution in [0.5, 0.6) is 0 Å². The lowest BCUT2D eigenvalue weighted by Gasteiger charge is -1.89. The number of hydrogen-bond donors (Lipinski definition) is 3. The third-order valence-electron chi connectivity index (χ3n) is 0.798. The van der Waals surface area contributed by atoms with Gasteiger partial charge in [-0.05, 0) is 6.92 Å². The summed E-state index contributed by atoms with van der Waals surface area (Å²) in [4.78, 5) is 22.3. The molecule has 6 heteroatoms. The molecule has 0 fully saturated rings. The van der Waals surface area contributed by atoms with Gasteiger partial charge in [-0.3, -0.25) is 0 Å². The molecule has 0 aliphatic carbocycles. The zero-order valence-corrected chi connectivity index (χ0v) is 7.25. The van der Waals surface area contributed by atoms with Crippen LogP contribution in [0.25, 0.3) is 0 Å². The summed E-state index contributed by atoms with van der Waals surface area (Å²) in [5, 5.41) is 0. The van der Waals surface area contributed by atoms with E-state index < -0.39 is 8.60 Å². The van der Waals surface area contributed by atoms with Crippen molar-refractivity contribution in [3.8, 4) is 0 Å². The SMILES string of the molecule is COP(O)O.Cc1ncc[nH]1. The van der Waals surface area contributed by atoms with Crippen LogP contribution in [0.1, 0.15) is 5.82 Å². The Hall–Kier alpha value is -0.480. The molecule has 5 nitrogen and oxygen atoms in total. The highest BCUT2D eigenvalue weighted by atomic mass is 31.2. The van der Waals surface area contributed by atoms with Gasteiger partial charge in [0.25, 0.3) is 0 Å². The van der Waals surface area contributed by atoms with E-state index >= 15 is 0 Å². The minimum absolute atomic E-state index is 0.968. The lowest BCUT2D eigenvalue weighted by molar-refractivity contribution is 0.310. The summed E-state index contributed by atoms with van der Waals surface area (Å²) in [5.74, 6) is 0.968. The highest BCUT2D eigenvalue weighted by molar-refractivity contribution is 7.39. The zero-order valence-electron chi connectivity index (χ0n) is 6.35. The number of aromatic nitrogens is 2. The fourth-order valence-corrected chi connectivity index (χ4v) is 0.344. The Morgan fingerprint density at radius 2 is 2.18 bits per heavy atom. The monoisotopic (exact) mass is 178 g/mol. The van der Waals surface area contributed by atoms with Gasteiger partial charge in [0, 0.05) is 19.5 Å². The third kappa shape index (κ3) is 7.42. The van der Waals surface area contributed by atoms with Gasteiger partial charge in [-0.25, -0.2) is 4.98 Å². The van der Waals surface area contributed by atoms with Crippen LogP contribution < -0.4 is 0 Å². The van der Waals surface area contributed by atoms with E-state index in [1.807, 2.05) is 6.92 Å². The largest absolute Gasteiger partial charge is 0.349 e. The van der Waals surface area contributed by atoms with Gasteiger partial charge in [0.05, 0.1) is 0 Å². The summed E-state index contributed by atoms with van der Waals surface area (Å²) in [6, 6.07) is 0. The van der Waals surface area contributed by atoms with Crippen LogP contribution in [0.15, 0.2) is 12.4 Å². The number of H-pyrrole nitrogens is 1. The van der Waals surface area contributed by atoms with Crippen molar-refractivity contribution in [3.05, 3.63) is 18.2 Å². The van der Waals surface area contributed by atoms with Gasteiger partial charge in [0.1, 0.15) is 5.82 Å². The molecule has 0 aromatic carbocycles. The van der Waals surface area contributed by atoms with Crippen LogP contribution in [-0.2, 0) is 4.52 Å².